The molecule has 1 heterocycles. The molecule has 24 heavy (non-hydrogen) atoms. The molecule has 5 heteroatoms. The number of ether oxygens (including phenoxy) is 1. The second kappa shape index (κ2) is 7.77. The van der Waals surface area contributed by atoms with E-state index in [1.165, 1.54) is 7.11 Å². The summed E-state index contributed by atoms with van der Waals surface area (Å²) in [4.78, 5) is 14.0. The lowest BCUT2D eigenvalue weighted by atomic mass is 9.81. The van der Waals surface area contributed by atoms with Gasteiger partial charge >= 0.3 is 6.09 Å². The minimum absolute atomic E-state index is 0.187. The maximum atomic E-state index is 12.1. The van der Waals surface area contributed by atoms with Crippen molar-refractivity contribution in [2.75, 3.05) is 20.3 Å². The van der Waals surface area contributed by atoms with Crippen molar-refractivity contribution in [1.29, 1.82) is 0 Å². The molecule has 0 spiro atoms. The van der Waals surface area contributed by atoms with Crippen molar-refractivity contribution in [3.8, 4) is 0 Å². The van der Waals surface area contributed by atoms with E-state index < -0.39 is 8.32 Å². The van der Waals surface area contributed by atoms with Crippen LogP contribution in [0.3, 0.4) is 0 Å². The predicted octanol–water partition coefficient (Wildman–Crippen LogP) is 5.29. The first kappa shape index (κ1) is 21.5. The van der Waals surface area contributed by atoms with E-state index in [-0.39, 0.29) is 22.6 Å². The monoisotopic (exact) mass is 357 g/mol. The van der Waals surface area contributed by atoms with Crippen LogP contribution in [-0.4, -0.2) is 45.6 Å². The molecule has 0 aromatic rings. The Morgan fingerprint density at radius 2 is 1.75 bits per heavy atom. The van der Waals surface area contributed by atoms with Gasteiger partial charge in [-0.1, -0.05) is 41.5 Å². The summed E-state index contributed by atoms with van der Waals surface area (Å²) in [7, 11) is -0.233. The average Bonchev–Trinajstić information content (AvgIpc) is 2.41. The maximum Gasteiger partial charge on any atom is 0.409 e. The summed E-state index contributed by atoms with van der Waals surface area (Å²) >= 11 is 0. The molecule has 1 aliphatic heterocycles. The first-order valence-corrected chi connectivity index (χ1v) is 12.2. The third-order valence-corrected chi connectivity index (χ3v) is 10.1. The van der Waals surface area contributed by atoms with Gasteiger partial charge in [0.15, 0.2) is 8.32 Å². The summed E-state index contributed by atoms with van der Waals surface area (Å²) in [5.41, 5.74) is 0.194. The van der Waals surface area contributed by atoms with Gasteiger partial charge in [-0.2, -0.15) is 0 Å². The zero-order valence-corrected chi connectivity index (χ0v) is 18.4. The first-order valence-electron chi connectivity index (χ1n) is 9.25. The molecule has 142 valence electrons. The van der Waals surface area contributed by atoms with E-state index in [0.29, 0.717) is 5.92 Å². The molecular formula is C19H39NO3Si. The first-order chi connectivity index (χ1) is 10.8. The quantitative estimate of drug-likeness (QED) is 0.642. The van der Waals surface area contributed by atoms with Gasteiger partial charge in [-0.25, -0.2) is 4.79 Å². The Morgan fingerprint density at radius 3 is 2.21 bits per heavy atom. The Hall–Kier alpha value is -0.553. The molecule has 1 aliphatic rings. The molecule has 0 aromatic carbocycles. The van der Waals surface area contributed by atoms with Gasteiger partial charge in [0.1, 0.15) is 0 Å². The summed E-state index contributed by atoms with van der Waals surface area (Å²) in [6.07, 6.45) is 2.83. The van der Waals surface area contributed by atoms with Crippen LogP contribution >= 0.6 is 0 Å². The van der Waals surface area contributed by atoms with Crippen LogP contribution in [-0.2, 0) is 9.16 Å². The molecule has 1 amide bonds. The Kier molecular flexibility index (Phi) is 6.96. The number of hydrogen-bond donors (Lipinski definition) is 0. The van der Waals surface area contributed by atoms with Crippen molar-refractivity contribution in [2.45, 2.75) is 85.0 Å². The third kappa shape index (κ3) is 6.07. The van der Waals surface area contributed by atoms with Crippen LogP contribution in [0.25, 0.3) is 0 Å². The van der Waals surface area contributed by atoms with Gasteiger partial charge in [-0.05, 0) is 48.7 Å². The van der Waals surface area contributed by atoms with Crippen LogP contribution in [0.1, 0.15) is 60.8 Å². The van der Waals surface area contributed by atoms with Crippen LogP contribution < -0.4 is 0 Å². The van der Waals surface area contributed by atoms with Gasteiger partial charge in [0.05, 0.1) is 7.11 Å². The topological polar surface area (TPSA) is 38.8 Å². The number of rotatable bonds is 4. The lowest BCUT2D eigenvalue weighted by molar-refractivity contribution is 0.0485. The lowest BCUT2D eigenvalue weighted by Crippen LogP contribution is -2.49. The SMILES string of the molecule is COC(=O)N1CCC(CO[Si](C)(C)C(C)(C)C)CC1CC(C)(C)C. The number of carbonyl (C=O) groups is 1. The van der Waals surface area contributed by atoms with Gasteiger partial charge in [-0.15, -0.1) is 0 Å². The third-order valence-electron chi connectivity index (χ3n) is 5.57. The molecule has 0 N–H and O–H groups in total. The van der Waals surface area contributed by atoms with E-state index in [4.69, 9.17) is 9.16 Å². The number of nitrogens with zero attached hydrogens (tertiary/aromatic N) is 1. The fourth-order valence-corrected chi connectivity index (χ4v) is 4.17. The number of amides is 1. The Labute approximate surface area is 150 Å². The van der Waals surface area contributed by atoms with E-state index in [1.807, 2.05) is 4.90 Å². The maximum absolute atomic E-state index is 12.1. The summed E-state index contributed by atoms with van der Waals surface area (Å²) in [5, 5.41) is 0.241. The fourth-order valence-electron chi connectivity index (χ4n) is 3.09. The van der Waals surface area contributed by atoms with Gasteiger partial charge in [-0.3, -0.25) is 0 Å². The van der Waals surface area contributed by atoms with Crippen molar-refractivity contribution >= 4 is 14.4 Å². The van der Waals surface area contributed by atoms with E-state index in [9.17, 15) is 4.79 Å². The number of piperidine rings is 1. The predicted molar refractivity (Wildman–Crippen MR) is 103 cm³/mol. The van der Waals surface area contributed by atoms with Crippen LogP contribution in [0, 0.1) is 11.3 Å². The molecular weight excluding hydrogens is 318 g/mol. The summed E-state index contributed by atoms with van der Waals surface area (Å²) < 4.78 is 11.4. The smallest absolute Gasteiger partial charge is 0.409 e. The molecule has 1 saturated heterocycles. The number of methoxy groups -OCH3 is 1. The number of carbonyl (C=O) groups excluding carboxylic acids is 1. The minimum Gasteiger partial charge on any atom is -0.453 e. The molecule has 1 fully saturated rings. The Bertz CT molecular complexity index is 423. The molecule has 4 nitrogen and oxygen atoms in total. The van der Waals surface area contributed by atoms with E-state index in [0.717, 1.165) is 32.4 Å². The number of likely N-dealkylation sites (tertiary alicyclic amines) is 1. The van der Waals surface area contributed by atoms with Crippen molar-refractivity contribution in [2.24, 2.45) is 11.3 Å². The Balaban J connectivity index is 2.72. The van der Waals surface area contributed by atoms with Crippen LogP contribution in [0.2, 0.25) is 18.1 Å². The molecule has 0 aliphatic carbocycles. The van der Waals surface area contributed by atoms with Crippen molar-refractivity contribution in [3.05, 3.63) is 0 Å². The summed E-state index contributed by atoms with van der Waals surface area (Å²) in [6.45, 7) is 19.8. The fraction of sp³-hybridized carbons (Fsp3) is 0.947. The van der Waals surface area contributed by atoms with Crippen molar-refractivity contribution in [1.82, 2.24) is 4.90 Å². The second-order valence-electron chi connectivity index (χ2n) is 10.0. The highest BCUT2D eigenvalue weighted by atomic mass is 28.4. The van der Waals surface area contributed by atoms with E-state index in [2.05, 4.69) is 54.6 Å². The van der Waals surface area contributed by atoms with Crippen LogP contribution in [0.4, 0.5) is 4.79 Å². The van der Waals surface area contributed by atoms with E-state index >= 15 is 0 Å². The normalized spacial score (nSPS) is 23.3. The molecule has 2 unspecified atom stereocenters. The highest BCUT2D eigenvalue weighted by molar-refractivity contribution is 6.74. The zero-order valence-electron chi connectivity index (χ0n) is 17.4. The van der Waals surface area contributed by atoms with Gasteiger partial charge in [0.25, 0.3) is 0 Å². The van der Waals surface area contributed by atoms with Crippen LogP contribution in [0.15, 0.2) is 0 Å². The molecule has 0 bridgehead atoms. The minimum atomic E-state index is -1.71. The van der Waals surface area contributed by atoms with E-state index in [1.54, 1.807) is 0 Å². The Morgan fingerprint density at radius 1 is 1.17 bits per heavy atom. The number of hydrogen-bond acceptors (Lipinski definition) is 3. The van der Waals surface area contributed by atoms with Gasteiger partial charge in [0, 0.05) is 19.2 Å². The molecule has 0 aromatic heterocycles. The van der Waals surface area contributed by atoms with Crippen molar-refractivity contribution < 1.29 is 14.0 Å². The largest absolute Gasteiger partial charge is 0.453 e. The summed E-state index contributed by atoms with van der Waals surface area (Å²) in [5.74, 6) is 0.535. The molecule has 1 rings (SSSR count). The lowest BCUT2D eigenvalue weighted by Gasteiger charge is -2.43. The highest BCUT2D eigenvalue weighted by Gasteiger charge is 2.39. The molecule has 2 atom stereocenters. The highest BCUT2D eigenvalue weighted by Crippen LogP contribution is 2.38. The average molecular weight is 358 g/mol. The standard InChI is InChI=1S/C19H39NO3Si/c1-18(2,3)13-16-12-15(10-11-20(16)17(21)22-7)14-23-24(8,9)19(4,5)6/h15-16H,10-14H2,1-9H3. The molecule has 0 radical (unpaired) electrons. The zero-order chi connectivity index (χ0) is 18.8. The van der Waals surface area contributed by atoms with Crippen LogP contribution in [0.5, 0.6) is 0 Å². The second-order valence-corrected chi connectivity index (χ2v) is 14.9. The summed E-state index contributed by atoms with van der Waals surface area (Å²) in [6, 6.07) is 0.249. The van der Waals surface area contributed by atoms with Gasteiger partial charge in [0.2, 0.25) is 0 Å². The van der Waals surface area contributed by atoms with Gasteiger partial charge < -0.3 is 14.1 Å². The van der Waals surface area contributed by atoms with Crippen molar-refractivity contribution in [3.63, 3.8) is 0 Å². The molecule has 0 saturated carbocycles.